The minimum absolute atomic E-state index is 0.0395. The van der Waals surface area contributed by atoms with Crippen molar-refractivity contribution >= 4 is 17.8 Å². The molecule has 2 aromatic rings. The van der Waals surface area contributed by atoms with E-state index in [4.69, 9.17) is 9.47 Å². The van der Waals surface area contributed by atoms with Gasteiger partial charge in [0, 0.05) is 18.2 Å². The van der Waals surface area contributed by atoms with Crippen molar-refractivity contribution in [1.29, 1.82) is 0 Å². The van der Waals surface area contributed by atoms with Gasteiger partial charge >= 0.3 is 6.03 Å². The summed E-state index contributed by atoms with van der Waals surface area (Å²) in [5.41, 5.74) is -0.159. The molecule has 1 saturated carbocycles. The van der Waals surface area contributed by atoms with Crippen LogP contribution in [-0.2, 0) is 21.7 Å². The van der Waals surface area contributed by atoms with Crippen molar-refractivity contribution in [3.05, 3.63) is 59.4 Å². The highest BCUT2D eigenvalue weighted by atomic mass is 19.1. The van der Waals surface area contributed by atoms with Crippen LogP contribution in [0.5, 0.6) is 11.5 Å². The maximum atomic E-state index is 13.3. The molecule has 0 bridgehead atoms. The van der Waals surface area contributed by atoms with Gasteiger partial charge in [-0.2, -0.15) is 0 Å². The Bertz CT molecular complexity index is 1090. The van der Waals surface area contributed by atoms with Gasteiger partial charge in [0.05, 0.1) is 14.2 Å². The zero-order valence-corrected chi connectivity index (χ0v) is 18.8. The molecule has 1 aliphatic heterocycles. The molecule has 174 valence electrons. The fourth-order valence-corrected chi connectivity index (χ4v) is 4.04. The van der Waals surface area contributed by atoms with Crippen LogP contribution in [0.3, 0.4) is 0 Å². The Labute approximate surface area is 191 Å². The third-order valence-electron chi connectivity index (χ3n) is 6.13. The van der Waals surface area contributed by atoms with Crippen molar-refractivity contribution in [3.63, 3.8) is 0 Å². The number of benzene rings is 2. The third kappa shape index (κ3) is 4.35. The second-order valence-electron chi connectivity index (χ2n) is 8.38. The topological polar surface area (TPSA) is 88.2 Å². The first-order valence-corrected chi connectivity index (χ1v) is 10.7. The molecule has 2 fully saturated rings. The second kappa shape index (κ2) is 8.73. The van der Waals surface area contributed by atoms with E-state index in [1.54, 1.807) is 44.2 Å². The van der Waals surface area contributed by atoms with E-state index in [-0.39, 0.29) is 25.0 Å². The summed E-state index contributed by atoms with van der Waals surface area (Å²) in [6.07, 6.45) is 1.71. The second-order valence-corrected chi connectivity index (χ2v) is 8.38. The van der Waals surface area contributed by atoms with Crippen LogP contribution in [0.4, 0.5) is 9.18 Å². The lowest BCUT2D eigenvalue weighted by Crippen LogP contribution is -2.45. The Morgan fingerprint density at radius 1 is 1.15 bits per heavy atom. The van der Waals surface area contributed by atoms with Gasteiger partial charge in [-0.05, 0) is 55.7 Å². The van der Waals surface area contributed by atoms with Gasteiger partial charge in [0.15, 0.2) is 0 Å². The Balaban J connectivity index is 1.53. The standard InChI is InChI=1S/C24H26FN3O5/c1-24(16-4-6-17(25)7-5-16)22(30)28(23(31)26-24)14-21(29)27(18-8-9-18)13-15-12-19(32-2)10-11-20(15)33-3/h4-7,10-12,18H,8-9,13-14H2,1-3H3,(H,26,31). The summed E-state index contributed by atoms with van der Waals surface area (Å²) >= 11 is 0. The van der Waals surface area contributed by atoms with Crippen molar-refractivity contribution in [2.45, 2.75) is 37.9 Å². The van der Waals surface area contributed by atoms with Crippen LogP contribution in [0.15, 0.2) is 42.5 Å². The molecule has 1 N–H and O–H groups in total. The Kier molecular flexibility index (Phi) is 5.97. The van der Waals surface area contributed by atoms with Crippen LogP contribution < -0.4 is 14.8 Å². The number of rotatable bonds is 8. The van der Waals surface area contributed by atoms with Crippen LogP contribution in [0, 0.1) is 5.82 Å². The van der Waals surface area contributed by atoms with Gasteiger partial charge in [-0.25, -0.2) is 9.18 Å². The van der Waals surface area contributed by atoms with Gasteiger partial charge < -0.3 is 19.7 Å². The largest absolute Gasteiger partial charge is 0.497 e. The maximum absolute atomic E-state index is 13.3. The molecule has 4 rings (SSSR count). The van der Waals surface area contributed by atoms with Crippen molar-refractivity contribution in [1.82, 2.24) is 15.1 Å². The first-order valence-electron chi connectivity index (χ1n) is 10.7. The summed E-state index contributed by atoms with van der Waals surface area (Å²) in [4.78, 5) is 41.6. The fraction of sp³-hybridized carbons (Fsp3) is 0.375. The van der Waals surface area contributed by atoms with Crippen LogP contribution in [-0.4, -0.2) is 54.5 Å². The molecule has 1 saturated heterocycles. The molecule has 0 radical (unpaired) electrons. The number of amides is 4. The number of hydrogen-bond donors (Lipinski definition) is 1. The predicted octanol–water partition coefficient (Wildman–Crippen LogP) is 2.80. The van der Waals surface area contributed by atoms with E-state index in [1.807, 2.05) is 0 Å². The van der Waals surface area contributed by atoms with Crippen LogP contribution in [0.2, 0.25) is 0 Å². The predicted molar refractivity (Wildman–Crippen MR) is 117 cm³/mol. The minimum atomic E-state index is -1.37. The number of methoxy groups -OCH3 is 2. The van der Waals surface area contributed by atoms with Gasteiger partial charge in [0.2, 0.25) is 5.91 Å². The Morgan fingerprint density at radius 3 is 2.45 bits per heavy atom. The fourth-order valence-electron chi connectivity index (χ4n) is 4.04. The third-order valence-corrected chi connectivity index (χ3v) is 6.13. The van der Waals surface area contributed by atoms with Crippen molar-refractivity contribution in [3.8, 4) is 11.5 Å². The summed E-state index contributed by atoms with van der Waals surface area (Å²) in [5.74, 6) is -0.0816. The highest BCUT2D eigenvalue weighted by Gasteiger charge is 2.50. The number of carbonyl (C=O) groups excluding carboxylic acids is 3. The highest BCUT2D eigenvalue weighted by Crippen LogP contribution is 2.33. The summed E-state index contributed by atoms with van der Waals surface area (Å²) in [6.45, 7) is 1.43. The number of urea groups is 1. The zero-order chi connectivity index (χ0) is 23.8. The molecule has 8 nitrogen and oxygen atoms in total. The van der Waals surface area contributed by atoms with E-state index in [0.717, 1.165) is 23.3 Å². The summed E-state index contributed by atoms with van der Waals surface area (Å²) in [6, 6.07) is 10.1. The van der Waals surface area contributed by atoms with Gasteiger partial charge in [0.25, 0.3) is 5.91 Å². The number of imide groups is 1. The van der Waals surface area contributed by atoms with Crippen LogP contribution in [0.25, 0.3) is 0 Å². The van der Waals surface area contributed by atoms with Gasteiger partial charge in [-0.15, -0.1) is 0 Å². The number of nitrogens with zero attached hydrogens (tertiary/aromatic N) is 2. The quantitative estimate of drug-likeness (QED) is 0.619. The monoisotopic (exact) mass is 455 g/mol. The van der Waals surface area contributed by atoms with Crippen molar-refractivity contribution < 1.29 is 28.2 Å². The van der Waals surface area contributed by atoms with E-state index in [0.29, 0.717) is 17.1 Å². The molecular weight excluding hydrogens is 429 g/mol. The van der Waals surface area contributed by atoms with Crippen LogP contribution in [0.1, 0.15) is 30.9 Å². The van der Waals surface area contributed by atoms with E-state index >= 15 is 0 Å². The van der Waals surface area contributed by atoms with Crippen molar-refractivity contribution in [2.24, 2.45) is 0 Å². The smallest absolute Gasteiger partial charge is 0.325 e. The Morgan fingerprint density at radius 2 is 1.85 bits per heavy atom. The van der Waals surface area contributed by atoms with E-state index in [2.05, 4.69) is 5.32 Å². The molecular formula is C24H26FN3O5. The minimum Gasteiger partial charge on any atom is -0.497 e. The lowest BCUT2D eigenvalue weighted by molar-refractivity contribution is -0.139. The summed E-state index contributed by atoms with van der Waals surface area (Å²) < 4.78 is 24.0. The molecule has 33 heavy (non-hydrogen) atoms. The SMILES string of the molecule is COc1ccc(OC)c(CN(C(=O)CN2C(=O)NC(C)(c3ccc(F)cc3)C2=O)C2CC2)c1. The number of halogens is 1. The summed E-state index contributed by atoms with van der Waals surface area (Å²) in [7, 11) is 3.11. The van der Waals surface area contributed by atoms with Gasteiger partial charge in [-0.3, -0.25) is 14.5 Å². The van der Waals surface area contributed by atoms with Gasteiger partial charge in [0.1, 0.15) is 29.4 Å². The van der Waals surface area contributed by atoms with E-state index in [9.17, 15) is 18.8 Å². The molecule has 2 aliphatic rings. The van der Waals surface area contributed by atoms with Crippen molar-refractivity contribution in [2.75, 3.05) is 20.8 Å². The average molecular weight is 455 g/mol. The lowest BCUT2D eigenvalue weighted by Gasteiger charge is -2.26. The molecule has 1 atom stereocenters. The number of nitrogens with one attached hydrogen (secondary N) is 1. The first-order chi connectivity index (χ1) is 15.8. The van der Waals surface area contributed by atoms with E-state index in [1.165, 1.54) is 24.3 Å². The molecule has 9 heteroatoms. The Hall–Kier alpha value is -3.62. The normalized spacial score (nSPS) is 19.9. The molecule has 0 aromatic heterocycles. The number of hydrogen-bond acceptors (Lipinski definition) is 5. The zero-order valence-electron chi connectivity index (χ0n) is 18.8. The summed E-state index contributed by atoms with van der Waals surface area (Å²) in [5, 5.41) is 2.65. The molecule has 1 aliphatic carbocycles. The molecule has 2 aromatic carbocycles. The molecule has 0 spiro atoms. The lowest BCUT2D eigenvalue weighted by atomic mass is 9.92. The van der Waals surface area contributed by atoms with Crippen LogP contribution >= 0.6 is 0 Å². The molecule has 1 unspecified atom stereocenters. The first kappa shape index (κ1) is 22.6. The highest BCUT2D eigenvalue weighted by molar-refractivity contribution is 6.09. The van der Waals surface area contributed by atoms with E-state index < -0.39 is 23.3 Å². The maximum Gasteiger partial charge on any atom is 0.325 e. The van der Waals surface area contributed by atoms with Gasteiger partial charge in [-0.1, -0.05) is 12.1 Å². The number of ether oxygens (including phenoxy) is 2. The molecule has 1 heterocycles. The molecule has 4 amide bonds. The number of carbonyl (C=O) groups is 3. The average Bonchev–Trinajstić information content (AvgIpc) is 3.62.